The second-order valence-corrected chi connectivity index (χ2v) is 8.61. The molecule has 1 aromatic rings. The lowest BCUT2D eigenvalue weighted by Gasteiger charge is -2.33. The summed E-state index contributed by atoms with van der Waals surface area (Å²) in [6.07, 6.45) is 13.9. The van der Waals surface area contributed by atoms with E-state index < -0.39 is 0 Å². The van der Waals surface area contributed by atoms with Gasteiger partial charge >= 0.3 is 6.03 Å². The largest absolute Gasteiger partial charge is 0.338 e. The molecule has 2 aliphatic rings. The summed E-state index contributed by atoms with van der Waals surface area (Å²) in [4.78, 5) is 21.5. The summed E-state index contributed by atoms with van der Waals surface area (Å²) in [6.45, 7) is 4.59. The fraction of sp³-hybridized carbons (Fsp3) is 0.810. The molecule has 27 heavy (non-hydrogen) atoms. The molecular weight excluding hydrogens is 338 g/mol. The standard InChI is InChI=1S/C21H37N5O/c1-24(2)12-7-14-25-15-11-22-20(25)19-10-6-13-26(17-19)21(27)23-16-18-8-4-3-5-9-18/h11,15,18-19H,3-10,12-14,16-17H2,1-2H3,(H,23,27)/t19-/m1/s1. The molecule has 152 valence electrons. The molecule has 2 heterocycles. The van der Waals surface area contributed by atoms with Crippen LogP contribution in [-0.4, -0.2) is 65.7 Å². The van der Waals surface area contributed by atoms with Crippen molar-refractivity contribution in [1.82, 2.24) is 24.7 Å². The minimum Gasteiger partial charge on any atom is -0.338 e. The lowest BCUT2D eigenvalue weighted by molar-refractivity contribution is 0.174. The van der Waals surface area contributed by atoms with Crippen LogP contribution in [0, 0.1) is 5.92 Å². The molecule has 0 bridgehead atoms. The highest BCUT2D eigenvalue weighted by molar-refractivity contribution is 5.74. The van der Waals surface area contributed by atoms with Gasteiger partial charge in [0.15, 0.2) is 0 Å². The average molecular weight is 376 g/mol. The predicted octanol–water partition coefficient (Wildman–Crippen LogP) is 3.30. The number of aromatic nitrogens is 2. The van der Waals surface area contributed by atoms with E-state index in [9.17, 15) is 4.79 Å². The zero-order chi connectivity index (χ0) is 19.1. The minimum atomic E-state index is 0.121. The van der Waals surface area contributed by atoms with Crippen molar-refractivity contribution < 1.29 is 4.79 Å². The van der Waals surface area contributed by atoms with Crippen molar-refractivity contribution in [3.63, 3.8) is 0 Å². The summed E-state index contributed by atoms with van der Waals surface area (Å²) in [7, 11) is 4.22. The van der Waals surface area contributed by atoms with Crippen LogP contribution in [0.4, 0.5) is 4.79 Å². The maximum atomic E-state index is 12.7. The normalized spacial score (nSPS) is 21.6. The molecule has 0 aromatic carbocycles. The Labute approximate surface area is 164 Å². The van der Waals surface area contributed by atoms with Gasteiger partial charge in [-0.05, 0) is 58.7 Å². The number of carbonyl (C=O) groups excluding carboxylic acids is 1. The van der Waals surface area contributed by atoms with Crippen molar-refractivity contribution in [1.29, 1.82) is 0 Å². The highest BCUT2D eigenvalue weighted by atomic mass is 16.2. The van der Waals surface area contributed by atoms with Crippen LogP contribution in [-0.2, 0) is 6.54 Å². The van der Waals surface area contributed by atoms with Gasteiger partial charge in [0.1, 0.15) is 5.82 Å². The van der Waals surface area contributed by atoms with E-state index in [2.05, 4.69) is 40.1 Å². The maximum absolute atomic E-state index is 12.7. The number of imidazole rings is 1. The molecule has 0 spiro atoms. The highest BCUT2D eigenvalue weighted by Gasteiger charge is 2.27. The molecule has 2 fully saturated rings. The van der Waals surface area contributed by atoms with Gasteiger partial charge in [-0.15, -0.1) is 0 Å². The third-order valence-electron chi connectivity index (χ3n) is 6.09. The smallest absolute Gasteiger partial charge is 0.317 e. The molecule has 1 atom stereocenters. The van der Waals surface area contributed by atoms with Crippen LogP contribution in [0.1, 0.15) is 63.1 Å². The first kappa shape index (κ1) is 20.2. The Bertz CT molecular complexity index is 579. The van der Waals surface area contributed by atoms with Gasteiger partial charge in [-0.1, -0.05) is 19.3 Å². The molecule has 1 saturated carbocycles. The van der Waals surface area contributed by atoms with E-state index in [0.29, 0.717) is 11.8 Å². The number of carbonyl (C=O) groups is 1. The number of nitrogens with one attached hydrogen (secondary N) is 1. The molecule has 1 N–H and O–H groups in total. The van der Waals surface area contributed by atoms with E-state index in [0.717, 1.165) is 57.8 Å². The molecule has 1 aromatic heterocycles. The number of likely N-dealkylation sites (tertiary alicyclic amines) is 1. The number of rotatable bonds is 7. The molecule has 6 nitrogen and oxygen atoms in total. The fourth-order valence-electron chi connectivity index (χ4n) is 4.53. The SMILES string of the molecule is CN(C)CCCn1ccnc1[C@@H]1CCCN(C(=O)NCC2CCCCC2)C1. The van der Waals surface area contributed by atoms with Gasteiger partial charge in [0.25, 0.3) is 0 Å². The zero-order valence-electron chi connectivity index (χ0n) is 17.2. The Morgan fingerprint density at radius 3 is 2.81 bits per heavy atom. The molecule has 2 amide bonds. The Balaban J connectivity index is 1.50. The Hall–Kier alpha value is -1.56. The molecule has 1 saturated heterocycles. The van der Waals surface area contributed by atoms with Crippen molar-refractivity contribution in [2.75, 3.05) is 40.3 Å². The first-order valence-corrected chi connectivity index (χ1v) is 10.8. The van der Waals surface area contributed by atoms with Gasteiger partial charge < -0.3 is 19.7 Å². The molecule has 6 heteroatoms. The summed E-state index contributed by atoms with van der Waals surface area (Å²) in [6, 6.07) is 0.121. The number of aryl methyl sites for hydroxylation is 1. The van der Waals surface area contributed by atoms with E-state index in [1.165, 1.54) is 32.1 Å². The number of hydrogen-bond acceptors (Lipinski definition) is 3. The van der Waals surface area contributed by atoms with Crippen LogP contribution in [0.2, 0.25) is 0 Å². The van der Waals surface area contributed by atoms with Crippen LogP contribution in [0.15, 0.2) is 12.4 Å². The van der Waals surface area contributed by atoms with E-state index in [-0.39, 0.29) is 6.03 Å². The average Bonchev–Trinajstić information content (AvgIpc) is 3.15. The van der Waals surface area contributed by atoms with Gasteiger partial charge in [-0.3, -0.25) is 0 Å². The third-order valence-corrected chi connectivity index (χ3v) is 6.09. The van der Waals surface area contributed by atoms with Gasteiger partial charge in [0, 0.05) is 44.5 Å². The van der Waals surface area contributed by atoms with Crippen molar-refractivity contribution >= 4 is 6.03 Å². The quantitative estimate of drug-likeness (QED) is 0.795. The Kier molecular flexibility index (Phi) is 7.56. The van der Waals surface area contributed by atoms with Crippen LogP contribution in [0.3, 0.4) is 0 Å². The topological polar surface area (TPSA) is 53.4 Å². The van der Waals surface area contributed by atoms with Crippen LogP contribution in [0.25, 0.3) is 0 Å². The van der Waals surface area contributed by atoms with Gasteiger partial charge in [-0.2, -0.15) is 0 Å². The van der Waals surface area contributed by atoms with Crippen molar-refractivity contribution in [2.24, 2.45) is 5.92 Å². The molecule has 0 unspecified atom stereocenters. The van der Waals surface area contributed by atoms with Crippen molar-refractivity contribution in [3.05, 3.63) is 18.2 Å². The Morgan fingerprint density at radius 1 is 1.22 bits per heavy atom. The summed E-state index contributed by atoms with van der Waals surface area (Å²) in [5.74, 6) is 2.19. The van der Waals surface area contributed by atoms with E-state index in [1.807, 2.05) is 11.1 Å². The lowest BCUT2D eigenvalue weighted by Crippen LogP contribution is -2.46. The fourth-order valence-corrected chi connectivity index (χ4v) is 4.53. The number of nitrogens with zero attached hydrogens (tertiary/aromatic N) is 4. The Morgan fingerprint density at radius 2 is 2.04 bits per heavy atom. The highest BCUT2D eigenvalue weighted by Crippen LogP contribution is 2.26. The second kappa shape index (κ2) is 10.1. The molecule has 0 radical (unpaired) electrons. The van der Waals surface area contributed by atoms with Gasteiger partial charge in [0.2, 0.25) is 0 Å². The van der Waals surface area contributed by atoms with E-state index >= 15 is 0 Å². The molecule has 1 aliphatic heterocycles. The summed E-state index contributed by atoms with van der Waals surface area (Å²) >= 11 is 0. The number of hydrogen-bond donors (Lipinski definition) is 1. The number of piperidine rings is 1. The monoisotopic (exact) mass is 375 g/mol. The first-order valence-electron chi connectivity index (χ1n) is 10.8. The minimum absolute atomic E-state index is 0.121. The van der Waals surface area contributed by atoms with Crippen molar-refractivity contribution in [2.45, 2.75) is 63.8 Å². The van der Waals surface area contributed by atoms with Crippen LogP contribution < -0.4 is 5.32 Å². The summed E-state index contributed by atoms with van der Waals surface area (Å²) in [5, 5.41) is 3.20. The number of amides is 2. The summed E-state index contributed by atoms with van der Waals surface area (Å²) in [5.41, 5.74) is 0. The zero-order valence-corrected chi connectivity index (χ0v) is 17.2. The second-order valence-electron chi connectivity index (χ2n) is 8.61. The maximum Gasteiger partial charge on any atom is 0.317 e. The third kappa shape index (κ3) is 5.96. The predicted molar refractivity (Wildman–Crippen MR) is 109 cm³/mol. The number of urea groups is 1. The van der Waals surface area contributed by atoms with Crippen LogP contribution >= 0.6 is 0 Å². The molecule has 3 rings (SSSR count). The summed E-state index contributed by atoms with van der Waals surface area (Å²) < 4.78 is 2.29. The molecular formula is C21H37N5O. The first-order chi connectivity index (χ1) is 13.1. The lowest BCUT2D eigenvalue weighted by atomic mass is 9.89. The van der Waals surface area contributed by atoms with Crippen molar-refractivity contribution in [3.8, 4) is 0 Å². The van der Waals surface area contributed by atoms with Gasteiger partial charge in [0.05, 0.1) is 0 Å². The van der Waals surface area contributed by atoms with E-state index in [1.54, 1.807) is 0 Å². The van der Waals surface area contributed by atoms with Gasteiger partial charge in [-0.25, -0.2) is 9.78 Å². The molecule has 1 aliphatic carbocycles. The van der Waals surface area contributed by atoms with E-state index in [4.69, 9.17) is 0 Å². The van der Waals surface area contributed by atoms with Crippen LogP contribution in [0.5, 0.6) is 0 Å².